The molecule has 2 N–H and O–H groups in total. The molecule has 0 bridgehead atoms. The van der Waals surface area contributed by atoms with Crippen LogP contribution in [0.25, 0.3) is 0 Å². The Morgan fingerprint density at radius 1 is 1.33 bits per heavy atom. The predicted molar refractivity (Wildman–Crippen MR) is 98.5 cm³/mol. The Hall–Kier alpha value is -0.890. The number of halogens is 1. The summed E-state index contributed by atoms with van der Waals surface area (Å²) in [4.78, 5) is 8.48. The van der Waals surface area contributed by atoms with Gasteiger partial charge in [0.2, 0.25) is 0 Å². The second-order valence-corrected chi connectivity index (χ2v) is 5.37. The highest BCUT2D eigenvalue weighted by Crippen LogP contribution is 2.04. The molecule has 0 fully saturated rings. The van der Waals surface area contributed by atoms with Crippen molar-refractivity contribution in [3.05, 3.63) is 29.6 Å². The second-order valence-electron chi connectivity index (χ2n) is 5.37. The highest BCUT2D eigenvalue weighted by atomic mass is 127. The van der Waals surface area contributed by atoms with Gasteiger partial charge in [0.1, 0.15) is 0 Å². The number of aromatic nitrogens is 1. The van der Waals surface area contributed by atoms with Crippen molar-refractivity contribution in [2.75, 3.05) is 27.2 Å². The van der Waals surface area contributed by atoms with Gasteiger partial charge in [0.25, 0.3) is 0 Å². The van der Waals surface area contributed by atoms with Gasteiger partial charge < -0.3 is 15.4 Å². The number of hydrogen-bond donors (Lipinski definition) is 2. The van der Waals surface area contributed by atoms with Crippen molar-refractivity contribution in [1.82, 2.24) is 15.6 Å². The molecule has 0 saturated carbocycles. The van der Waals surface area contributed by atoms with Crippen LogP contribution in [0.15, 0.2) is 23.3 Å². The fraction of sp³-hybridized carbons (Fsp3) is 0.600. The average Bonchev–Trinajstić information content (AvgIpc) is 2.44. The third-order valence-electron chi connectivity index (χ3n) is 3.14. The zero-order valence-corrected chi connectivity index (χ0v) is 15.9. The molecule has 1 heterocycles. The molecule has 0 atom stereocenters. The molecule has 0 radical (unpaired) electrons. The quantitative estimate of drug-likeness (QED) is 0.432. The van der Waals surface area contributed by atoms with Gasteiger partial charge in [0.05, 0.1) is 5.60 Å². The SMILES string of the molecule is CN=C(NCCc1ccc(C)nc1)NCC(C)(C)OC.I. The van der Waals surface area contributed by atoms with Gasteiger partial charge in [0, 0.05) is 39.1 Å². The Morgan fingerprint density at radius 3 is 2.57 bits per heavy atom. The minimum absolute atomic E-state index is 0. The standard InChI is InChI=1S/C15H26N4O.HI/c1-12-6-7-13(10-18-12)8-9-17-14(16-4)19-11-15(2,3)20-5;/h6-7,10H,8-9,11H2,1-5H3,(H2,16,17,19);1H. The number of pyridine rings is 1. The summed E-state index contributed by atoms with van der Waals surface area (Å²) < 4.78 is 5.36. The van der Waals surface area contributed by atoms with Crippen LogP contribution in [0.5, 0.6) is 0 Å². The fourth-order valence-corrected chi connectivity index (χ4v) is 1.56. The van der Waals surface area contributed by atoms with E-state index in [9.17, 15) is 0 Å². The van der Waals surface area contributed by atoms with Crippen LogP contribution in [0.1, 0.15) is 25.1 Å². The summed E-state index contributed by atoms with van der Waals surface area (Å²) in [5, 5.41) is 6.54. The van der Waals surface area contributed by atoms with Gasteiger partial charge in [-0.1, -0.05) is 6.07 Å². The molecule has 0 aliphatic heterocycles. The molecule has 1 aromatic rings. The normalized spacial score (nSPS) is 11.8. The molecule has 0 spiro atoms. The number of nitrogens with zero attached hydrogens (tertiary/aromatic N) is 2. The molecule has 0 saturated heterocycles. The first-order valence-electron chi connectivity index (χ1n) is 6.88. The maximum absolute atomic E-state index is 5.36. The molecular weight excluding hydrogens is 379 g/mol. The van der Waals surface area contributed by atoms with E-state index in [4.69, 9.17) is 4.74 Å². The number of aliphatic imine (C=N–C) groups is 1. The molecule has 120 valence electrons. The summed E-state index contributed by atoms with van der Waals surface area (Å²) in [5.74, 6) is 0.787. The smallest absolute Gasteiger partial charge is 0.191 e. The summed E-state index contributed by atoms with van der Waals surface area (Å²) >= 11 is 0. The molecule has 0 amide bonds. The first kappa shape index (κ1) is 20.1. The van der Waals surface area contributed by atoms with Crippen LogP contribution in [0, 0.1) is 6.92 Å². The third kappa shape index (κ3) is 8.21. The van der Waals surface area contributed by atoms with E-state index in [0.29, 0.717) is 6.54 Å². The fourth-order valence-electron chi connectivity index (χ4n) is 1.56. The van der Waals surface area contributed by atoms with Crippen LogP contribution in [-0.2, 0) is 11.2 Å². The minimum atomic E-state index is -0.210. The summed E-state index contributed by atoms with van der Waals surface area (Å²) in [6.07, 6.45) is 2.84. The van der Waals surface area contributed by atoms with E-state index in [1.165, 1.54) is 5.56 Å². The zero-order valence-electron chi connectivity index (χ0n) is 13.6. The summed E-state index contributed by atoms with van der Waals surface area (Å²) in [6.45, 7) is 7.58. The molecule has 5 nitrogen and oxygen atoms in total. The largest absolute Gasteiger partial charge is 0.377 e. The van der Waals surface area contributed by atoms with Crippen LogP contribution in [0.3, 0.4) is 0 Å². The molecule has 1 rings (SSSR count). The lowest BCUT2D eigenvalue weighted by Crippen LogP contribution is -2.45. The Balaban J connectivity index is 0.00000400. The van der Waals surface area contributed by atoms with E-state index < -0.39 is 0 Å². The van der Waals surface area contributed by atoms with Gasteiger partial charge in [-0.15, -0.1) is 24.0 Å². The summed E-state index contributed by atoms with van der Waals surface area (Å²) in [7, 11) is 3.48. The minimum Gasteiger partial charge on any atom is -0.377 e. The summed E-state index contributed by atoms with van der Waals surface area (Å²) in [5.41, 5.74) is 2.05. The van der Waals surface area contributed by atoms with E-state index in [-0.39, 0.29) is 29.6 Å². The van der Waals surface area contributed by atoms with Crippen molar-refractivity contribution in [3.63, 3.8) is 0 Å². The maximum Gasteiger partial charge on any atom is 0.191 e. The van der Waals surface area contributed by atoms with Crippen LogP contribution in [-0.4, -0.2) is 43.8 Å². The number of rotatable bonds is 6. The van der Waals surface area contributed by atoms with Crippen LogP contribution in [0.2, 0.25) is 0 Å². The van der Waals surface area contributed by atoms with Gasteiger partial charge in [-0.05, 0) is 38.8 Å². The average molecular weight is 406 g/mol. The highest BCUT2D eigenvalue weighted by Gasteiger charge is 2.16. The van der Waals surface area contributed by atoms with Crippen LogP contribution in [0.4, 0.5) is 0 Å². The molecule has 0 aromatic carbocycles. The van der Waals surface area contributed by atoms with Gasteiger partial charge in [-0.25, -0.2) is 0 Å². The van der Waals surface area contributed by atoms with E-state index in [2.05, 4.69) is 26.7 Å². The lowest BCUT2D eigenvalue weighted by molar-refractivity contribution is 0.0268. The molecule has 0 unspecified atom stereocenters. The van der Waals surface area contributed by atoms with Crippen molar-refractivity contribution in [2.45, 2.75) is 32.8 Å². The van der Waals surface area contributed by atoms with Crippen LogP contribution < -0.4 is 10.6 Å². The van der Waals surface area contributed by atoms with Crippen molar-refractivity contribution >= 4 is 29.9 Å². The second kappa shape index (κ2) is 9.94. The van der Waals surface area contributed by atoms with Crippen LogP contribution >= 0.6 is 24.0 Å². The topological polar surface area (TPSA) is 58.5 Å². The number of hydrogen-bond acceptors (Lipinski definition) is 3. The lowest BCUT2D eigenvalue weighted by atomic mass is 10.1. The predicted octanol–water partition coefficient (Wildman–Crippen LogP) is 2.14. The van der Waals surface area contributed by atoms with Crippen molar-refractivity contribution in [1.29, 1.82) is 0 Å². The molecule has 1 aromatic heterocycles. The Kier molecular flexibility index (Phi) is 9.52. The maximum atomic E-state index is 5.36. The first-order chi connectivity index (χ1) is 9.46. The molecular formula is C15H27IN4O. The number of nitrogens with one attached hydrogen (secondary N) is 2. The highest BCUT2D eigenvalue weighted by molar-refractivity contribution is 14.0. The number of aryl methyl sites for hydroxylation is 1. The van der Waals surface area contributed by atoms with Gasteiger partial charge >= 0.3 is 0 Å². The van der Waals surface area contributed by atoms with Gasteiger partial charge in [-0.3, -0.25) is 9.98 Å². The molecule has 6 heteroatoms. The molecule has 0 aliphatic rings. The van der Waals surface area contributed by atoms with E-state index >= 15 is 0 Å². The van der Waals surface area contributed by atoms with E-state index in [0.717, 1.165) is 24.6 Å². The number of guanidine groups is 1. The Bertz CT molecular complexity index is 432. The van der Waals surface area contributed by atoms with Crippen molar-refractivity contribution in [3.8, 4) is 0 Å². The van der Waals surface area contributed by atoms with Crippen molar-refractivity contribution < 1.29 is 4.74 Å². The molecule has 21 heavy (non-hydrogen) atoms. The Labute approximate surface area is 145 Å². The molecule has 0 aliphatic carbocycles. The first-order valence-corrected chi connectivity index (χ1v) is 6.88. The third-order valence-corrected chi connectivity index (χ3v) is 3.14. The monoisotopic (exact) mass is 406 g/mol. The number of ether oxygens (including phenoxy) is 1. The van der Waals surface area contributed by atoms with Gasteiger partial charge in [0.15, 0.2) is 5.96 Å². The van der Waals surface area contributed by atoms with E-state index in [1.807, 2.05) is 33.0 Å². The Morgan fingerprint density at radius 2 is 2.05 bits per heavy atom. The zero-order chi connectivity index (χ0) is 15.0. The van der Waals surface area contributed by atoms with Gasteiger partial charge in [-0.2, -0.15) is 0 Å². The van der Waals surface area contributed by atoms with E-state index in [1.54, 1.807) is 14.2 Å². The summed E-state index contributed by atoms with van der Waals surface area (Å²) in [6, 6.07) is 4.14. The lowest BCUT2D eigenvalue weighted by Gasteiger charge is -2.24. The van der Waals surface area contributed by atoms with Crippen molar-refractivity contribution in [2.24, 2.45) is 4.99 Å². The number of methoxy groups -OCH3 is 1.